The summed E-state index contributed by atoms with van der Waals surface area (Å²) in [4.78, 5) is 22.0. The lowest BCUT2D eigenvalue weighted by atomic mass is 9.85. The van der Waals surface area contributed by atoms with Crippen LogP contribution in [-0.4, -0.2) is 29.6 Å². The van der Waals surface area contributed by atoms with Crippen LogP contribution >= 0.6 is 0 Å². The van der Waals surface area contributed by atoms with Gasteiger partial charge in [0.25, 0.3) is 0 Å². The normalized spacial score (nSPS) is 19.1. The molecule has 5 nitrogen and oxygen atoms in total. The standard InChI is InChI=1S/C11H20N2O3/c12-7-10(14)13-9(11(15)16)6-8-4-2-1-3-5-8/h8-9H,1-7,12H2,(H,13,14)(H,15,16)/t9-/m0/s1. The fourth-order valence-corrected chi connectivity index (χ4v) is 2.23. The first-order chi connectivity index (χ1) is 7.63. The van der Waals surface area contributed by atoms with E-state index in [1.54, 1.807) is 0 Å². The lowest BCUT2D eigenvalue weighted by Crippen LogP contribution is -2.44. The molecule has 1 fully saturated rings. The molecule has 5 heteroatoms. The molecule has 0 heterocycles. The van der Waals surface area contributed by atoms with Crippen LogP contribution in [0.25, 0.3) is 0 Å². The van der Waals surface area contributed by atoms with E-state index in [4.69, 9.17) is 10.8 Å². The number of aliphatic carboxylic acids is 1. The van der Waals surface area contributed by atoms with E-state index < -0.39 is 17.9 Å². The van der Waals surface area contributed by atoms with Gasteiger partial charge in [-0.2, -0.15) is 0 Å². The molecule has 0 bridgehead atoms. The summed E-state index contributed by atoms with van der Waals surface area (Å²) in [6, 6.07) is -0.779. The Labute approximate surface area is 95.4 Å². The molecule has 0 aromatic carbocycles. The Kier molecular flexibility index (Phi) is 5.25. The van der Waals surface area contributed by atoms with Crippen LogP contribution in [0.3, 0.4) is 0 Å². The molecule has 0 saturated heterocycles. The van der Waals surface area contributed by atoms with Crippen molar-refractivity contribution in [3.05, 3.63) is 0 Å². The molecule has 0 radical (unpaired) electrons. The van der Waals surface area contributed by atoms with Crippen LogP contribution in [0.1, 0.15) is 38.5 Å². The highest BCUT2D eigenvalue weighted by Gasteiger charge is 2.24. The Hall–Kier alpha value is -1.10. The first kappa shape index (κ1) is 13.0. The number of rotatable bonds is 5. The van der Waals surface area contributed by atoms with Crippen LogP contribution in [0.15, 0.2) is 0 Å². The number of carbonyl (C=O) groups is 2. The fraction of sp³-hybridized carbons (Fsp3) is 0.818. The van der Waals surface area contributed by atoms with Crippen molar-refractivity contribution in [3.8, 4) is 0 Å². The van der Waals surface area contributed by atoms with E-state index in [1.807, 2.05) is 0 Å². The van der Waals surface area contributed by atoms with Gasteiger partial charge in [-0.05, 0) is 12.3 Å². The summed E-state index contributed by atoms with van der Waals surface area (Å²) in [5, 5.41) is 11.4. The van der Waals surface area contributed by atoms with E-state index in [-0.39, 0.29) is 6.54 Å². The van der Waals surface area contributed by atoms with Gasteiger partial charge in [-0.25, -0.2) is 4.79 Å². The minimum absolute atomic E-state index is 0.158. The smallest absolute Gasteiger partial charge is 0.326 e. The third-order valence-electron chi connectivity index (χ3n) is 3.11. The van der Waals surface area contributed by atoms with Crippen molar-refractivity contribution in [2.45, 2.75) is 44.6 Å². The summed E-state index contributed by atoms with van der Waals surface area (Å²) in [6.45, 7) is -0.158. The maximum atomic E-state index is 11.1. The van der Waals surface area contributed by atoms with Crippen molar-refractivity contribution < 1.29 is 14.7 Å². The Morgan fingerprint density at radius 2 is 1.94 bits per heavy atom. The van der Waals surface area contributed by atoms with Gasteiger partial charge in [0.1, 0.15) is 6.04 Å². The van der Waals surface area contributed by atoms with E-state index in [9.17, 15) is 9.59 Å². The lowest BCUT2D eigenvalue weighted by Gasteiger charge is -2.24. The van der Waals surface area contributed by atoms with Gasteiger partial charge in [-0.1, -0.05) is 32.1 Å². The Morgan fingerprint density at radius 1 is 1.31 bits per heavy atom. The number of nitrogens with one attached hydrogen (secondary N) is 1. The highest BCUT2D eigenvalue weighted by Crippen LogP contribution is 2.27. The van der Waals surface area contributed by atoms with Crippen molar-refractivity contribution in [3.63, 3.8) is 0 Å². The monoisotopic (exact) mass is 228 g/mol. The van der Waals surface area contributed by atoms with E-state index in [0.29, 0.717) is 12.3 Å². The second kappa shape index (κ2) is 6.48. The van der Waals surface area contributed by atoms with Crippen molar-refractivity contribution >= 4 is 11.9 Å². The summed E-state index contributed by atoms with van der Waals surface area (Å²) < 4.78 is 0. The van der Waals surface area contributed by atoms with Crippen LogP contribution in [0.4, 0.5) is 0 Å². The van der Waals surface area contributed by atoms with Crippen LogP contribution in [-0.2, 0) is 9.59 Å². The first-order valence-corrected chi connectivity index (χ1v) is 5.85. The van der Waals surface area contributed by atoms with E-state index in [2.05, 4.69) is 5.32 Å². The third-order valence-corrected chi connectivity index (χ3v) is 3.11. The zero-order chi connectivity index (χ0) is 12.0. The van der Waals surface area contributed by atoms with Crippen molar-refractivity contribution in [1.82, 2.24) is 5.32 Å². The minimum Gasteiger partial charge on any atom is -0.480 e. The number of carboxylic acids is 1. The molecule has 1 saturated carbocycles. The average molecular weight is 228 g/mol. The minimum atomic E-state index is -0.965. The highest BCUT2D eigenvalue weighted by molar-refractivity contribution is 5.84. The van der Waals surface area contributed by atoms with Crippen LogP contribution < -0.4 is 11.1 Å². The zero-order valence-corrected chi connectivity index (χ0v) is 9.45. The van der Waals surface area contributed by atoms with E-state index in [1.165, 1.54) is 19.3 Å². The molecule has 0 aromatic heterocycles. The molecule has 0 aliphatic heterocycles. The average Bonchev–Trinajstić information content (AvgIpc) is 2.29. The topological polar surface area (TPSA) is 92.4 Å². The zero-order valence-electron chi connectivity index (χ0n) is 9.45. The predicted octanol–water partition coefficient (Wildman–Crippen LogP) is 0.485. The van der Waals surface area contributed by atoms with Gasteiger partial charge in [0.15, 0.2) is 0 Å². The fourth-order valence-electron chi connectivity index (χ4n) is 2.23. The van der Waals surface area contributed by atoms with Gasteiger partial charge in [0.05, 0.1) is 6.54 Å². The molecular weight excluding hydrogens is 208 g/mol. The van der Waals surface area contributed by atoms with Gasteiger partial charge in [0.2, 0.25) is 5.91 Å². The largest absolute Gasteiger partial charge is 0.480 e. The SMILES string of the molecule is NCC(=O)N[C@@H](CC1CCCCC1)C(=O)O. The Morgan fingerprint density at radius 3 is 2.44 bits per heavy atom. The highest BCUT2D eigenvalue weighted by atomic mass is 16.4. The van der Waals surface area contributed by atoms with Crippen molar-refractivity contribution in [2.24, 2.45) is 11.7 Å². The predicted molar refractivity (Wildman–Crippen MR) is 59.8 cm³/mol. The van der Waals surface area contributed by atoms with Gasteiger partial charge >= 0.3 is 5.97 Å². The molecule has 1 aliphatic carbocycles. The van der Waals surface area contributed by atoms with E-state index >= 15 is 0 Å². The summed E-state index contributed by atoms with van der Waals surface area (Å²) in [6.07, 6.45) is 6.25. The maximum absolute atomic E-state index is 11.1. The van der Waals surface area contributed by atoms with Gasteiger partial charge in [0, 0.05) is 0 Å². The summed E-state index contributed by atoms with van der Waals surface area (Å²) in [5.74, 6) is -0.941. The van der Waals surface area contributed by atoms with Crippen molar-refractivity contribution in [1.29, 1.82) is 0 Å². The molecule has 0 aromatic rings. The number of carbonyl (C=O) groups excluding carboxylic acids is 1. The van der Waals surface area contributed by atoms with Crippen LogP contribution in [0, 0.1) is 5.92 Å². The van der Waals surface area contributed by atoms with Crippen LogP contribution in [0.2, 0.25) is 0 Å². The Bertz CT molecular complexity index is 250. The lowest BCUT2D eigenvalue weighted by molar-refractivity contribution is -0.142. The number of carboxylic acid groups (broad SMARTS) is 1. The van der Waals surface area contributed by atoms with Gasteiger partial charge in [-0.15, -0.1) is 0 Å². The second-order valence-electron chi connectivity index (χ2n) is 4.40. The summed E-state index contributed by atoms with van der Waals surface area (Å²) in [7, 11) is 0. The third kappa shape index (κ3) is 4.18. The molecule has 1 rings (SSSR count). The molecule has 0 spiro atoms. The molecule has 0 unspecified atom stereocenters. The molecule has 1 atom stereocenters. The van der Waals surface area contributed by atoms with Gasteiger partial charge in [-0.3, -0.25) is 4.79 Å². The first-order valence-electron chi connectivity index (χ1n) is 5.85. The molecule has 92 valence electrons. The number of hydrogen-bond acceptors (Lipinski definition) is 3. The second-order valence-corrected chi connectivity index (χ2v) is 4.40. The van der Waals surface area contributed by atoms with Crippen molar-refractivity contribution in [2.75, 3.05) is 6.54 Å². The molecule has 1 aliphatic rings. The molecule has 16 heavy (non-hydrogen) atoms. The number of nitrogens with two attached hydrogens (primary N) is 1. The quantitative estimate of drug-likeness (QED) is 0.638. The number of hydrogen-bond donors (Lipinski definition) is 3. The number of amides is 1. The molecule has 4 N–H and O–H groups in total. The van der Waals surface area contributed by atoms with Crippen LogP contribution in [0.5, 0.6) is 0 Å². The maximum Gasteiger partial charge on any atom is 0.326 e. The van der Waals surface area contributed by atoms with Gasteiger partial charge < -0.3 is 16.2 Å². The van der Waals surface area contributed by atoms with E-state index in [0.717, 1.165) is 12.8 Å². The summed E-state index contributed by atoms with van der Waals surface area (Å²) in [5.41, 5.74) is 5.15. The summed E-state index contributed by atoms with van der Waals surface area (Å²) >= 11 is 0. The molecular formula is C11H20N2O3. The Balaban J connectivity index is 2.43. The molecule has 1 amide bonds.